The van der Waals surface area contributed by atoms with Crippen LogP contribution < -0.4 is 4.90 Å². The molecule has 2 atom stereocenters. The van der Waals surface area contributed by atoms with Crippen LogP contribution in [0.5, 0.6) is 0 Å². The molecular weight excluding hydrogens is 320 g/mol. The van der Waals surface area contributed by atoms with E-state index in [0.717, 1.165) is 5.56 Å². The number of nitro groups is 1. The van der Waals surface area contributed by atoms with Gasteiger partial charge in [0, 0.05) is 5.02 Å². The quantitative estimate of drug-likeness (QED) is 0.634. The molecule has 23 heavy (non-hydrogen) atoms. The fourth-order valence-electron chi connectivity index (χ4n) is 2.50. The lowest BCUT2D eigenvalue weighted by Gasteiger charge is -2.38. The third kappa shape index (κ3) is 3.40. The first-order chi connectivity index (χ1) is 11.0. The van der Waals surface area contributed by atoms with Gasteiger partial charge >= 0.3 is 5.69 Å². The molecule has 1 aromatic heterocycles. The van der Waals surface area contributed by atoms with E-state index in [1.165, 1.54) is 12.4 Å². The van der Waals surface area contributed by atoms with Crippen LogP contribution >= 0.6 is 11.6 Å². The first kappa shape index (κ1) is 15.6. The normalized spacial score (nSPS) is 21.2. The van der Waals surface area contributed by atoms with Crippen LogP contribution in [0.2, 0.25) is 5.02 Å². The molecule has 1 aliphatic heterocycles. The van der Waals surface area contributed by atoms with Gasteiger partial charge in [0.05, 0.1) is 24.1 Å². The molecule has 0 radical (unpaired) electrons. The predicted octanol–water partition coefficient (Wildman–Crippen LogP) is 3.00. The van der Waals surface area contributed by atoms with E-state index in [9.17, 15) is 10.1 Å². The summed E-state index contributed by atoms with van der Waals surface area (Å²) < 4.78 is 5.88. The van der Waals surface area contributed by atoms with E-state index >= 15 is 0 Å². The predicted molar refractivity (Wildman–Crippen MR) is 85.6 cm³/mol. The summed E-state index contributed by atoms with van der Waals surface area (Å²) in [4.78, 5) is 20.4. The minimum atomic E-state index is -0.513. The number of rotatable bonds is 3. The zero-order valence-electron chi connectivity index (χ0n) is 12.4. The largest absolute Gasteiger partial charge is 0.370 e. The third-order valence-electron chi connectivity index (χ3n) is 3.75. The summed E-state index contributed by atoms with van der Waals surface area (Å²) in [7, 11) is 0. The van der Waals surface area contributed by atoms with Gasteiger partial charge in [0.25, 0.3) is 0 Å². The van der Waals surface area contributed by atoms with Crippen molar-refractivity contribution in [3.05, 3.63) is 57.4 Å². The Labute approximate surface area is 138 Å². The average molecular weight is 335 g/mol. The molecule has 0 saturated carbocycles. The Morgan fingerprint density at radius 2 is 2.13 bits per heavy atom. The Bertz CT molecular complexity index is 710. The number of anilines is 1. The van der Waals surface area contributed by atoms with Crippen LogP contribution in [0.1, 0.15) is 18.6 Å². The van der Waals surface area contributed by atoms with Crippen molar-refractivity contribution in [3.63, 3.8) is 0 Å². The second-order valence-electron chi connectivity index (χ2n) is 5.38. The van der Waals surface area contributed by atoms with Crippen molar-refractivity contribution in [3.8, 4) is 0 Å². The highest BCUT2D eigenvalue weighted by atomic mass is 35.5. The van der Waals surface area contributed by atoms with Gasteiger partial charge in [0.15, 0.2) is 0 Å². The lowest BCUT2D eigenvalue weighted by Crippen LogP contribution is -2.46. The van der Waals surface area contributed by atoms with Crippen LogP contribution in [0.4, 0.5) is 11.6 Å². The second-order valence-corrected chi connectivity index (χ2v) is 5.81. The van der Waals surface area contributed by atoms with Crippen molar-refractivity contribution in [1.82, 2.24) is 9.97 Å². The smallest absolute Gasteiger partial charge is 0.305 e. The fourth-order valence-corrected chi connectivity index (χ4v) is 2.70. The van der Waals surface area contributed by atoms with Crippen molar-refractivity contribution in [2.45, 2.75) is 19.1 Å². The van der Waals surface area contributed by atoms with E-state index in [-0.39, 0.29) is 17.8 Å². The maximum absolute atomic E-state index is 10.7. The Kier molecular flexibility index (Phi) is 4.40. The summed E-state index contributed by atoms with van der Waals surface area (Å²) in [5, 5.41) is 11.4. The molecule has 3 rings (SSSR count). The van der Waals surface area contributed by atoms with Crippen molar-refractivity contribution in [2.75, 3.05) is 18.1 Å². The Morgan fingerprint density at radius 3 is 2.78 bits per heavy atom. The monoisotopic (exact) mass is 334 g/mol. The second kappa shape index (κ2) is 6.47. The SMILES string of the molecule is C[C@@H]1CO[C@H](c2cccc(Cl)c2)CN1c1ncc([N+](=O)[O-])cn1. The molecule has 0 aliphatic carbocycles. The van der Waals surface area contributed by atoms with E-state index < -0.39 is 4.92 Å². The molecule has 1 aliphatic rings. The molecule has 0 amide bonds. The zero-order chi connectivity index (χ0) is 16.4. The number of morpholine rings is 1. The third-order valence-corrected chi connectivity index (χ3v) is 3.98. The summed E-state index contributed by atoms with van der Waals surface area (Å²) in [6.07, 6.45) is 2.29. The molecule has 1 fully saturated rings. The molecule has 7 nitrogen and oxygen atoms in total. The Hall–Kier alpha value is -2.25. The topological polar surface area (TPSA) is 81.4 Å². The van der Waals surface area contributed by atoms with Crippen molar-refractivity contribution >= 4 is 23.2 Å². The molecule has 1 aromatic carbocycles. The van der Waals surface area contributed by atoms with Gasteiger partial charge in [0.1, 0.15) is 18.5 Å². The summed E-state index contributed by atoms with van der Waals surface area (Å²) in [5.74, 6) is 0.457. The number of nitrogens with zero attached hydrogens (tertiary/aromatic N) is 4. The van der Waals surface area contributed by atoms with Gasteiger partial charge in [-0.15, -0.1) is 0 Å². The van der Waals surface area contributed by atoms with E-state index in [4.69, 9.17) is 16.3 Å². The van der Waals surface area contributed by atoms with Gasteiger partial charge in [-0.25, -0.2) is 9.97 Å². The molecule has 1 saturated heterocycles. The number of aromatic nitrogens is 2. The van der Waals surface area contributed by atoms with Crippen LogP contribution in [-0.2, 0) is 4.74 Å². The highest BCUT2D eigenvalue weighted by Crippen LogP contribution is 2.28. The highest BCUT2D eigenvalue weighted by molar-refractivity contribution is 6.30. The molecule has 0 N–H and O–H groups in total. The molecule has 120 valence electrons. The summed E-state index contributed by atoms with van der Waals surface area (Å²) in [6, 6.07) is 7.60. The number of benzene rings is 1. The van der Waals surface area contributed by atoms with Crippen LogP contribution in [-0.4, -0.2) is 34.1 Å². The van der Waals surface area contributed by atoms with Gasteiger partial charge in [-0.2, -0.15) is 0 Å². The lowest BCUT2D eigenvalue weighted by atomic mass is 10.1. The first-order valence-electron chi connectivity index (χ1n) is 7.14. The summed E-state index contributed by atoms with van der Waals surface area (Å²) in [5.41, 5.74) is 0.859. The lowest BCUT2D eigenvalue weighted by molar-refractivity contribution is -0.385. The first-order valence-corrected chi connectivity index (χ1v) is 7.52. The Balaban J connectivity index is 1.82. The molecule has 0 bridgehead atoms. The highest BCUT2D eigenvalue weighted by Gasteiger charge is 2.29. The van der Waals surface area contributed by atoms with E-state index in [0.29, 0.717) is 24.1 Å². The van der Waals surface area contributed by atoms with Gasteiger partial charge in [-0.05, 0) is 24.6 Å². The van der Waals surface area contributed by atoms with Crippen molar-refractivity contribution in [1.29, 1.82) is 0 Å². The molecule has 8 heteroatoms. The van der Waals surface area contributed by atoms with Crippen LogP contribution in [0.25, 0.3) is 0 Å². The number of halogens is 1. The van der Waals surface area contributed by atoms with Gasteiger partial charge in [-0.1, -0.05) is 23.7 Å². The molecule has 0 unspecified atom stereocenters. The fraction of sp³-hybridized carbons (Fsp3) is 0.333. The Morgan fingerprint density at radius 1 is 1.39 bits per heavy atom. The van der Waals surface area contributed by atoms with Gasteiger partial charge in [-0.3, -0.25) is 10.1 Å². The minimum Gasteiger partial charge on any atom is -0.370 e. The molecular formula is C15H15ClN4O3. The standard InChI is InChI=1S/C15H15ClN4O3/c1-10-9-23-14(11-3-2-4-12(16)5-11)8-19(10)15-17-6-13(7-18-15)20(21)22/h2-7,10,14H,8-9H2,1H3/t10-,14+/m1/s1. The molecule has 2 heterocycles. The minimum absolute atomic E-state index is 0.0758. The molecule has 0 spiro atoms. The number of hydrogen-bond donors (Lipinski definition) is 0. The number of hydrogen-bond acceptors (Lipinski definition) is 6. The van der Waals surface area contributed by atoms with E-state index in [1.54, 1.807) is 0 Å². The number of ether oxygens (including phenoxy) is 1. The summed E-state index contributed by atoms with van der Waals surface area (Å²) in [6.45, 7) is 3.07. The van der Waals surface area contributed by atoms with Crippen LogP contribution in [0.15, 0.2) is 36.7 Å². The van der Waals surface area contributed by atoms with Crippen molar-refractivity contribution in [2.24, 2.45) is 0 Å². The summed E-state index contributed by atoms with van der Waals surface area (Å²) >= 11 is 6.04. The van der Waals surface area contributed by atoms with Gasteiger partial charge < -0.3 is 9.64 Å². The van der Waals surface area contributed by atoms with Gasteiger partial charge in [0.2, 0.25) is 5.95 Å². The van der Waals surface area contributed by atoms with E-state index in [1.807, 2.05) is 36.1 Å². The van der Waals surface area contributed by atoms with Crippen molar-refractivity contribution < 1.29 is 9.66 Å². The average Bonchev–Trinajstić information content (AvgIpc) is 2.55. The molecule has 2 aromatic rings. The van der Waals surface area contributed by atoms with Crippen LogP contribution in [0, 0.1) is 10.1 Å². The van der Waals surface area contributed by atoms with Crippen LogP contribution in [0.3, 0.4) is 0 Å². The maximum Gasteiger partial charge on any atom is 0.305 e. The van der Waals surface area contributed by atoms with E-state index in [2.05, 4.69) is 9.97 Å². The zero-order valence-corrected chi connectivity index (χ0v) is 13.2. The maximum atomic E-state index is 10.7.